The number of rotatable bonds is 9. The van der Waals surface area contributed by atoms with Gasteiger partial charge in [-0.15, -0.1) is 0 Å². The van der Waals surface area contributed by atoms with E-state index in [-0.39, 0.29) is 42.7 Å². The van der Waals surface area contributed by atoms with Crippen molar-refractivity contribution < 1.29 is 38.1 Å². The molecule has 3 atom stereocenters. The molecule has 2 unspecified atom stereocenters. The molecule has 1 aliphatic rings. The summed E-state index contributed by atoms with van der Waals surface area (Å²) in [4.78, 5) is 42.2. The largest absolute Gasteiger partial charge is 0.493 e. The van der Waals surface area contributed by atoms with Gasteiger partial charge in [-0.3, -0.25) is 4.79 Å². The molecule has 0 bridgehead atoms. The Labute approximate surface area is 210 Å². The lowest BCUT2D eigenvalue weighted by Gasteiger charge is -2.24. The molecule has 0 radical (unpaired) electrons. The van der Waals surface area contributed by atoms with Crippen LogP contribution in [0.3, 0.4) is 0 Å². The molecule has 0 saturated carbocycles. The van der Waals surface area contributed by atoms with E-state index in [0.29, 0.717) is 19.6 Å². The predicted molar refractivity (Wildman–Crippen MR) is 129 cm³/mol. The maximum Gasteiger partial charge on any atom is 0.337 e. The molecule has 1 aromatic heterocycles. The average molecular weight is 501 g/mol. The summed E-state index contributed by atoms with van der Waals surface area (Å²) >= 11 is 0. The van der Waals surface area contributed by atoms with Gasteiger partial charge in [0, 0.05) is 37.8 Å². The molecule has 2 heterocycles. The molecule has 1 amide bonds. The van der Waals surface area contributed by atoms with Gasteiger partial charge in [0.2, 0.25) is 5.75 Å². The first-order valence-electron chi connectivity index (χ1n) is 11.9. The minimum atomic E-state index is -0.976. The lowest BCUT2D eigenvalue weighted by atomic mass is 9.95. The maximum atomic E-state index is 13.1. The van der Waals surface area contributed by atoms with Gasteiger partial charge in [0.1, 0.15) is 18.8 Å². The number of cyclic esters (lactones) is 1. The minimum Gasteiger partial charge on any atom is -0.493 e. The number of methoxy groups -OCH3 is 1. The van der Waals surface area contributed by atoms with Crippen LogP contribution in [0.4, 0.5) is 0 Å². The highest BCUT2D eigenvalue weighted by molar-refractivity contribution is 5.98. The Morgan fingerprint density at radius 3 is 2.69 bits per heavy atom. The second-order valence-electron chi connectivity index (χ2n) is 8.28. The number of nitrogens with one attached hydrogen (secondary N) is 1. The Kier molecular flexibility index (Phi) is 10.2. The molecule has 0 aliphatic carbocycles. The lowest BCUT2D eigenvalue weighted by Crippen LogP contribution is -2.44. The third kappa shape index (κ3) is 7.50. The number of benzene rings is 1. The molecule has 10 heteroatoms. The summed E-state index contributed by atoms with van der Waals surface area (Å²) in [5.74, 6) is -2.07. The number of ether oxygens (including phenoxy) is 5. The number of esters is 2. The topological polar surface area (TPSA) is 122 Å². The zero-order valence-electron chi connectivity index (χ0n) is 20.7. The van der Waals surface area contributed by atoms with Crippen LogP contribution in [0.2, 0.25) is 0 Å². The van der Waals surface area contributed by atoms with E-state index >= 15 is 0 Å². The first kappa shape index (κ1) is 27.1. The van der Waals surface area contributed by atoms with Crippen molar-refractivity contribution in [1.29, 1.82) is 0 Å². The third-order valence-corrected chi connectivity index (χ3v) is 5.72. The lowest BCUT2D eigenvalue weighted by molar-refractivity contribution is -0.153. The van der Waals surface area contributed by atoms with Crippen molar-refractivity contribution in [1.82, 2.24) is 10.3 Å². The van der Waals surface area contributed by atoms with E-state index in [0.717, 1.165) is 5.56 Å². The number of aromatic nitrogens is 1. The van der Waals surface area contributed by atoms with E-state index < -0.39 is 30.0 Å². The molecule has 36 heavy (non-hydrogen) atoms. The average Bonchev–Trinajstić information content (AvgIpc) is 2.94. The molecule has 2 aromatic rings. The fraction of sp³-hybridized carbons (Fsp3) is 0.462. The van der Waals surface area contributed by atoms with E-state index in [9.17, 15) is 14.4 Å². The first-order chi connectivity index (χ1) is 17.4. The molecule has 1 aliphatic heterocycles. The van der Waals surface area contributed by atoms with Gasteiger partial charge in [-0.05, 0) is 25.8 Å². The number of hydrogen-bond donors (Lipinski definition) is 1. The van der Waals surface area contributed by atoms with Gasteiger partial charge < -0.3 is 29.0 Å². The van der Waals surface area contributed by atoms with Crippen LogP contribution in [0.5, 0.6) is 11.5 Å². The van der Waals surface area contributed by atoms with Crippen molar-refractivity contribution in [2.24, 2.45) is 5.92 Å². The summed E-state index contributed by atoms with van der Waals surface area (Å²) in [6, 6.07) is 10.4. The molecule has 1 aromatic carbocycles. The second kappa shape index (κ2) is 13.6. The Balaban J connectivity index is 1.71. The Hall–Kier alpha value is -3.50. The molecular formula is C26H32N2O8. The fourth-order valence-electron chi connectivity index (χ4n) is 3.73. The Morgan fingerprint density at radius 2 is 1.97 bits per heavy atom. The van der Waals surface area contributed by atoms with E-state index in [1.54, 1.807) is 6.92 Å². The summed E-state index contributed by atoms with van der Waals surface area (Å²) in [6.45, 7) is 4.24. The molecule has 3 rings (SSSR count). The van der Waals surface area contributed by atoms with Crippen LogP contribution in [0.1, 0.15) is 36.3 Å². The number of carbonyl (C=O) groups excluding carboxylic acids is 3. The minimum absolute atomic E-state index is 0.0396. The highest BCUT2D eigenvalue weighted by atomic mass is 16.6. The second-order valence-corrected chi connectivity index (χ2v) is 8.28. The van der Waals surface area contributed by atoms with Gasteiger partial charge in [-0.2, -0.15) is 0 Å². The van der Waals surface area contributed by atoms with E-state index in [1.165, 1.54) is 19.4 Å². The van der Waals surface area contributed by atoms with Crippen LogP contribution >= 0.6 is 0 Å². The Bertz CT molecular complexity index is 1030. The van der Waals surface area contributed by atoms with Crippen LogP contribution in [0.25, 0.3) is 0 Å². The molecule has 0 spiro atoms. The number of pyridine rings is 1. The number of amides is 1. The van der Waals surface area contributed by atoms with Crippen molar-refractivity contribution in [3.05, 3.63) is 53.9 Å². The van der Waals surface area contributed by atoms with Crippen molar-refractivity contribution in [2.45, 2.75) is 38.8 Å². The standard InChI is InChI=1S/C26H32N2O8/c1-4-33-16-22(29)36-24-21(32-3)10-12-27-23(24)25(30)28-20-11-13-34-15-19(17(2)35-26(20)31)14-18-8-6-5-7-9-18/h5-10,12,17,19-20H,4,11,13-16H2,1-3H3,(H,28,30)/t17?,19-,20?/m1/s1. The van der Waals surface area contributed by atoms with Crippen LogP contribution in [-0.4, -0.2) is 68.5 Å². The van der Waals surface area contributed by atoms with Crippen LogP contribution in [0, 0.1) is 5.92 Å². The SMILES string of the molecule is CCOCC(=O)Oc1c(OC)ccnc1C(=O)NC1CCOC[C@@H](Cc2ccccc2)C(C)OC1=O. The highest BCUT2D eigenvalue weighted by Gasteiger charge is 2.31. The third-order valence-electron chi connectivity index (χ3n) is 5.72. The Morgan fingerprint density at radius 1 is 1.19 bits per heavy atom. The summed E-state index contributed by atoms with van der Waals surface area (Å²) < 4.78 is 27.1. The smallest absolute Gasteiger partial charge is 0.337 e. The van der Waals surface area contributed by atoms with Crippen LogP contribution in [0.15, 0.2) is 42.6 Å². The molecule has 1 saturated heterocycles. The number of nitrogens with zero attached hydrogens (tertiary/aromatic N) is 1. The van der Waals surface area contributed by atoms with Gasteiger partial charge >= 0.3 is 11.9 Å². The number of carbonyl (C=O) groups is 3. The van der Waals surface area contributed by atoms with Crippen molar-refractivity contribution in [3.63, 3.8) is 0 Å². The summed E-state index contributed by atoms with van der Waals surface area (Å²) in [5.41, 5.74) is 0.913. The number of hydrogen-bond acceptors (Lipinski definition) is 9. The van der Waals surface area contributed by atoms with E-state index in [1.807, 2.05) is 37.3 Å². The normalized spacial score (nSPS) is 20.3. The van der Waals surface area contributed by atoms with Crippen LogP contribution < -0.4 is 14.8 Å². The molecule has 1 fully saturated rings. The quantitative estimate of drug-likeness (QED) is 0.517. The summed E-state index contributed by atoms with van der Waals surface area (Å²) in [7, 11) is 1.37. The fourth-order valence-corrected chi connectivity index (χ4v) is 3.73. The van der Waals surface area contributed by atoms with Gasteiger partial charge in [0.05, 0.1) is 13.7 Å². The van der Waals surface area contributed by atoms with E-state index in [2.05, 4.69) is 10.3 Å². The molecule has 10 nitrogen and oxygen atoms in total. The van der Waals surface area contributed by atoms with Gasteiger partial charge in [0.25, 0.3) is 5.91 Å². The predicted octanol–water partition coefficient (Wildman–Crippen LogP) is 2.34. The van der Waals surface area contributed by atoms with E-state index in [4.69, 9.17) is 23.7 Å². The monoisotopic (exact) mass is 500 g/mol. The van der Waals surface area contributed by atoms with Crippen molar-refractivity contribution in [2.75, 3.05) is 33.5 Å². The van der Waals surface area contributed by atoms with Crippen LogP contribution in [-0.2, 0) is 30.2 Å². The van der Waals surface area contributed by atoms with Crippen molar-refractivity contribution >= 4 is 17.8 Å². The first-order valence-corrected chi connectivity index (χ1v) is 11.9. The van der Waals surface area contributed by atoms with Gasteiger partial charge in [-0.1, -0.05) is 30.3 Å². The van der Waals surface area contributed by atoms with Crippen molar-refractivity contribution in [3.8, 4) is 11.5 Å². The summed E-state index contributed by atoms with van der Waals surface area (Å²) in [6.07, 6.45) is 1.81. The zero-order valence-corrected chi connectivity index (χ0v) is 20.7. The molecule has 194 valence electrons. The summed E-state index contributed by atoms with van der Waals surface area (Å²) in [5, 5.41) is 2.64. The molecular weight excluding hydrogens is 468 g/mol. The highest BCUT2D eigenvalue weighted by Crippen LogP contribution is 2.30. The van der Waals surface area contributed by atoms with Gasteiger partial charge in [-0.25, -0.2) is 14.6 Å². The zero-order chi connectivity index (χ0) is 25.9. The molecule has 1 N–H and O–H groups in total. The maximum absolute atomic E-state index is 13.1. The van der Waals surface area contributed by atoms with Gasteiger partial charge in [0.15, 0.2) is 11.4 Å².